The molecule has 0 radical (unpaired) electrons. The fourth-order valence-electron chi connectivity index (χ4n) is 5.88. The van der Waals surface area contributed by atoms with Gasteiger partial charge >= 0.3 is 11.9 Å². The standard InChI is InChI=1S/C26H42O7/c1-10-20-25(8)26(11-2,14-21(28)33-25)13-19(27)15(3)12-24(7,31-9)18(6)16(4)22(29)17(5)23(30)32-20/h15-18,20H,10-14H2,1-9H3/t15-,16-,17-,18-,20-,24-,25-,26+/m1/s1. The van der Waals surface area contributed by atoms with E-state index in [2.05, 4.69) is 0 Å². The summed E-state index contributed by atoms with van der Waals surface area (Å²) in [6.07, 6.45) is 0.841. The van der Waals surface area contributed by atoms with Crippen LogP contribution in [0.4, 0.5) is 0 Å². The highest BCUT2D eigenvalue weighted by Gasteiger charge is 2.62. The van der Waals surface area contributed by atoms with Crippen molar-refractivity contribution in [3.63, 3.8) is 0 Å². The van der Waals surface area contributed by atoms with E-state index in [-0.39, 0.29) is 36.2 Å². The van der Waals surface area contributed by atoms with Gasteiger partial charge in [-0.05, 0) is 46.0 Å². The Morgan fingerprint density at radius 2 is 1.61 bits per heavy atom. The third-order valence-corrected chi connectivity index (χ3v) is 8.96. The number of cyclic esters (lactones) is 1. The van der Waals surface area contributed by atoms with Gasteiger partial charge < -0.3 is 14.2 Å². The summed E-state index contributed by atoms with van der Waals surface area (Å²) in [6.45, 7) is 14.6. The van der Waals surface area contributed by atoms with Crippen LogP contribution < -0.4 is 0 Å². The Kier molecular flexibility index (Phi) is 8.20. The highest BCUT2D eigenvalue weighted by Crippen LogP contribution is 2.53. The second kappa shape index (κ2) is 9.85. The summed E-state index contributed by atoms with van der Waals surface area (Å²) in [5.41, 5.74) is -2.69. The van der Waals surface area contributed by atoms with Crippen LogP contribution in [0.25, 0.3) is 0 Å². The third kappa shape index (κ3) is 4.75. The van der Waals surface area contributed by atoms with Crippen LogP contribution in [-0.2, 0) is 33.4 Å². The molecule has 0 aromatic heterocycles. The van der Waals surface area contributed by atoms with Gasteiger partial charge in [-0.25, -0.2) is 0 Å². The molecule has 7 nitrogen and oxygen atoms in total. The minimum Gasteiger partial charge on any atom is -0.458 e. The molecule has 0 spiro atoms. The molecule has 2 rings (SSSR count). The van der Waals surface area contributed by atoms with Gasteiger partial charge in [-0.1, -0.05) is 34.6 Å². The minimum atomic E-state index is -1.16. The van der Waals surface area contributed by atoms with Crippen LogP contribution >= 0.6 is 0 Å². The molecule has 33 heavy (non-hydrogen) atoms. The van der Waals surface area contributed by atoms with Crippen molar-refractivity contribution < 1.29 is 33.4 Å². The molecule has 0 aliphatic carbocycles. The van der Waals surface area contributed by atoms with Gasteiger partial charge in [-0.15, -0.1) is 0 Å². The van der Waals surface area contributed by atoms with Crippen molar-refractivity contribution in [1.29, 1.82) is 0 Å². The molecule has 2 saturated heterocycles. The van der Waals surface area contributed by atoms with E-state index in [1.54, 1.807) is 27.9 Å². The van der Waals surface area contributed by atoms with Crippen LogP contribution in [0.15, 0.2) is 0 Å². The van der Waals surface area contributed by atoms with Crippen LogP contribution in [0, 0.1) is 29.1 Å². The molecule has 8 atom stereocenters. The topological polar surface area (TPSA) is 96.0 Å². The van der Waals surface area contributed by atoms with Crippen LogP contribution in [-0.4, -0.2) is 47.9 Å². The summed E-state index contributed by atoms with van der Waals surface area (Å²) in [5.74, 6) is -3.24. The van der Waals surface area contributed by atoms with Crippen LogP contribution in [0.5, 0.6) is 0 Å². The van der Waals surface area contributed by atoms with Gasteiger partial charge in [0, 0.05) is 30.8 Å². The first kappa shape index (κ1) is 27.5. The summed E-state index contributed by atoms with van der Waals surface area (Å²) in [5, 5.41) is 0. The first-order chi connectivity index (χ1) is 15.2. The fraction of sp³-hybridized carbons (Fsp3) is 0.846. The lowest BCUT2D eigenvalue weighted by Crippen LogP contribution is -2.55. The van der Waals surface area contributed by atoms with Crippen molar-refractivity contribution in [3.05, 3.63) is 0 Å². The van der Waals surface area contributed by atoms with Crippen LogP contribution in [0.2, 0.25) is 0 Å². The maximum absolute atomic E-state index is 13.5. The number of hydrogen-bond acceptors (Lipinski definition) is 7. The molecule has 0 saturated carbocycles. The second-order valence-corrected chi connectivity index (χ2v) is 10.7. The van der Waals surface area contributed by atoms with E-state index in [1.165, 1.54) is 0 Å². The lowest BCUT2D eigenvalue weighted by atomic mass is 9.63. The lowest BCUT2D eigenvalue weighted by molar-refractivity contribution is -0.191. The number of ether oxygens (including phenoxy) is 3. The van der Waals surface area contributed by atoms with Crippen molar-refractivity contribution in [2.75, 3.05) is 7.11 Å². The van der Waals surface area contributed by atoms with E-state index in [4.69, 9.17) is 14.2 Å². The van der Waals surface area contributed by atoms with E-state index in [1.807, 2.05) is 34.6 Å². The molecule has 188 valence electrons. The summed E-state index contributed by atoms with van der Waals surface area (Å²) in [4.78, 5) is 52.4. The van der Waals surface area contributed by atoms with Crippen molar-refractivity contribution in [2.45, 2.75) is 105 Å². The van der Waals surface area contributed by atoms with Crippen molar-refractivity contribution >= 4 is 23.5 Å². The lowest BCUT2D eigenvalue weighted by Gasteiger charge is -2.45. The Morgan fingerprint density at radius 1 is 1.00 bits per heavy atom. The summed E-state index contributed by atoms with van der Waals surface area (Å²) >= 11 is 0. The molecule has 2 fully saturated rings. The molecular weight excluding hydrogens is 424 g/mol. The second-order valence-electron chi connectivity index (χ2n) is 10.7. The maximum atomic E-state index is 13.5. The number of rotatable bonds is 3. The first-order valence-electron chi connectivity index (χ1n) is 12.3. The van der Waals surface area contributed by atoms with Gasteiger partial charge in [-0.2, -0.15) is 0 Å². The molecule has 0 unspecified atom stereocenters. The van der Waals surface area contributed by atoms with Crippen molar-refractivity contribution in [3.8, 4) is 0 Å². The van der Waals surface area contributed by atoms with Gasteiger partial charge in [0.15, 0.2) is 5.60 Å². The Hall–Kier alpha value is -1.76. The van der Waals surface area contributed by atoms with E-state index in [9.17, 15) is 19.2 Å². The average Bonchev–Trinajstić information content (AvgIpc) is 3.04. The van der Waals surface area contributed by atoms with E-state index < -0.39 is 46.5 Å². The van der Waals surface area contributed by atoms with Crippen LogP contribution in [0.3, 0.4) is 0 Å². The Morgan fingerprint density at radius 3 is 2.12 bits per heavy atom. The highest BCUT2D eigenvalue weighted by molar-refractivity contribution is 6.00. The number of Topliss-reactive ketones (excluding diaryl/α,β-unsaturated/α-hetero) is 2. The van der Waals surface area contributed by atoms with E-state index in [0.717, 1.165) is 0 Å². The molecule has 0 aromatic rings. The first-order valence-corrected chi connectivity index (χ1v) is 12.3. The molecule has 2 aliphatic heterocycles. The molecule has 0 N–H and O–H groups in total. The van der Waals surface area contributed by atoms with E-state index in [0.29, 0.717) is 19.3 Å². The number of fused-ring (bicyclic) bond motifs is 1. The summed E-state index contributed by atoms with van der Waals surface area (Å²) < 4.78 is 17.6. The predicted octanol–water partition coefficient (Wildman–Crippen LogP) is 4.29. The average molecular weight is 467 g/mol. The SMILES string of the molecule is CC[C@H]1OC(=O)[C@H](C)C(=O)[C@H](C)[C@@H](C)[C@](C)(OC)C[C@@H](C)C(=O)C[C@@]2(CC)CC(=O)O[C@]12C. The molecule has 0 aromatic carbocycles. The quantitative estimate of drug-likeness (QED) is 0.452. The van der Waals surface area contributed by atoms with Gasteiger partial charge in [0.05, 0.1) is 12.0 Å². The number of esters is 2. The third-order valence-electron chi connectivity index (χ3n) is 8.96. The Labute approximate surface area is 198 Å². The van der Waals surface area contributed by atoms with E-state index >= 15 is 0 Å². The largest absolute Gasteiger partial charge is 0.458 e. The summed E-state index contributed by atoms with van der Waals surface area (Å²) in [6, 6.07) is 0. The molecule has 2 heterocycles. The monoisotopic (exact) mass is 466 g/mol. The molecule has 0 bridgehead atoms. The van der Waals surface area contributed by atoms with Crippen molar-refractivity contribution in [1.82, 2.24) is 0 Å². The maximum Gasteiger partial charge on any atom is 0.316 e. The van der Waals surface area contributed by atoms with Crippen LogP contribution in [0.1, 0.15) is 87.5 Å². The van der Waals surface area contributed by atoms with Gasteiger partial charge in [0.25, 0.3) is 0 Å². The number of carbonyl (C=O) groups is 4. The zero-order chi connectivity index (χ0) is 25.4. The van der Waals surface area contributed by atoms with Gasteiger partial charge in [-0.3, -0.25) is 19.2 Å². The summed E-state index contributed by atoms with van der Waals surface area (Å²) in [7, 11) is 1.59. The number of carbonyl (C=O) groups excluding carboxylic acids is 4. The number of hydrogen-bond donors (Lipinski definition) is 0. The zero-order valence-corrected chi connectivity index (χ0v) is 21.8. The Bertz CT molecular complexity index is 792. The molecular formula is C26H42O7. The van der Waals surface area contributed by atoms with Gasteiger partial charge in [0.2, 0.25) is 0 Å². The smallest absolute Gasteiger partial charge is 0.316 e. The van der Waals surface area contributed by atoms with Gasteiger partial charge in [0.1, 0.15) is 23.6 Å². The highest BCUT2D eigenvalue weighted by atomic mass is 16.6. The molecule has 0 amide bonds. The predicted molar refractivity (Wildman–Crippen MR) is 123 cm³/mol. The minimum absolute atomic E-state index is 0.0161. The Balaban J connectivity index is 2.62. The fourth-order valence-corrected chi connectivity index (χ4v) is 5.88. The normalized spacial score (nSPS) is 43.5. The zero-order valence-electron chi connectivity index (χ0n) is 21.8. The number of methoxy groups -OCH3 is 1. The number of ketones is 2. The molecule has 2 aliphatic rings. The molecule has 7 heteroatoms. The van der Waals surface area contributed by atoms with Crippen molar-refractivity contribution in [2.24, 2.45) is 29.1 Å².